The van der Waals surface area contributed by atoms with Crippen LogP contribution in [-0.2, 0) is 9.53 Å². The zero-order chi connectivity index (χ0) is 14.7. The maximum Gasteiger partial charge on any atom is 0.305 e. The third-order valence-electron chi connectivity index (χ3n) is 4.28. The standard InChI is InChI=1S/C16H21N3O2/c1-21-15(20)7-6-12-8-10-19(11-9-12)16-17-13-4-2-3-5-14(13)18-16/h2-5,12H,6-11H2,1H3,(H,17,18). The number of H-pyrrole nitrogens is 1. The summed E-state index contributed by atoms with van der Waals surface area (Å²) in [5, 5.41) is 0. The van der Waals surface area contributed by atoms with E-state index in [4.69, 9.17) is 4.74 Å². The van der Waals surface area contributed by atoms with E-state index < -0.39 is 0 Å². The molecule has 0 bridgehead atoms. The number of imidazole rings is 1. The van der Waals surface area contributed by atoms with E-state index in [2.05, 4.69) is 20.9 Å². The Labute approximate surface area is 124 Å². The minimum absolute atomic E-state index is 0.102. The van der Waals surface area contributed by atoms with E-state index in [0.29, 0.717) is 12.3 Å². The number of rotatable bonds is 4. The van der Waals surface area contributed by atoms with Gasteiger partial charge in [-0.25, -0.2) is 4.98 Å². The average Bonchev–Trinajstić information content (AvgIpc) is 2.97. The van der Waals surface area contributed by atoms with E-state index in [1.54, 1.807) is 0 Å². The van der Waals surface area contributed by atoms with Gasteiger partial charge in [0.2, 0.25) is 5.95 Å². The Morgan fingerprint density at radius 2 is 2.14 bits per heavy atom. The van der Waals surface area contributed by atoms with Gasteiger partial charge in [-0.3, -0.25) is 4.79 Å². The van der Waals surface area contributed by atoms with Gasteiger partial charge in [-0.1, -0.05) is 12.1 Å². The SMILES string of the molecule is COC(=O)CCC1CCN(c2nc3ccccc3[nH]2)CC1. The Hall–Kier alpha value is -2.04. The summed E-state index contributed by atoms with van der Waals surface area (Å²) >= 11 is 0. The number of fused-ring (bicyclic) bond motifs is 1. The molecule has 1 saturated heterocycles. The lowest BCUT2D eigenvalue weighted by molar-refractivity contribution is -0.141. The summed E-state index contributed by atoms with van der Waals surface area (Å²) in [5.41, 5.74) is 2.10. The molecule has 0 amide bonds. The third-order valence-corrected chi connectivity index (χ3v) is 4.28. The zero-order valence-electron chi connectivity index (χ0n) is 12.3. The largest absolute Gasteiger partial charge is 0.469 e. The summed E-state index contributed by atoms with van der Waals surface area (Å²) in [6, 6.07) is 8.10. The summed E-state index contributed by atoms with van der Waals surface area (Å²) in [5.74, 6) is 1.47. The van der Waals surface area contributed by atoms with Gasteiger partial charge in [0.25, 0.3) is 0 Å². The van der Waals surface area contributed by atoms with Crippen LogP contribution in [0, 0.1) is 5.92 Å². The van der Waals surface area contributed by atoms with Crippen molar-refractivity contribution in [1.82, 2.24) is 9.97 Å². The molecular weight excluding hydrogens is 266 g/mol. The van der Waals surface area contributed by atoms with Gasteiger partial charge in [-0.2, -0.15) is 0 Å². The van der Waals surface area contributed by atoms with Crippen LogP contribution >= 0.6 is 0 Å². The molecule has 1 aromatic heterocycles. The van der Waals surface area contributed by atoms with Gasteiger partial charge in [0.1, 0.15) is 0 Å². The van der Waals surface area contributed by atoms with Crippen molar-refractivity contribution in [2.24, 2.45) is 5.92 Å². The van der Waals surface area contributed by atoms with Crippen molar-refractivity contribution in [1.29, 1.82) is 0 Å². The first kappa shape index (κ1) is 13.9. The molecule has 0 aliphatic carbocycles. The molecule has 0 saturated carbocycles. The second-order valence-corrected chi connectivity index (χ2v) is 5.62. The fourth-order valence-electron chi connectivity index (χ4n) is 2.95. The zero-order valence-corrected chi connectivity index (χ0v) is 12.3. The molecule has 0 unspecified atom stereocenters. The van der Waals surface area contributed by atoms with Gasteiger partial charge >= 0.3 is 5.97 Å². The minimum atomic E-state index is -0.102. The lowest BCUT2D eigenvalue weighted by atomic mass is 9.92. The van der Waals surface area contributed by atoms with Crippen LogP contribution in [0.3, 0.4) is 0 Å². The number of carbonyl (C=O) groups is 1. The van der Waals surface area contributed by atoms with Crippen molar-refractivity contribution in [2.45, 2.75) is 25.7 Å². The Balaban J connectivity index is 1.56. The molecule has 3 rings (SSSR count). The van der Waals surface area contributed by atoms with Crippen molar-refractivity contribution in [2.75, 3.05) is 25.1 Å². The Morgan fingerprint density at radius 1 is 1.38 bits per heavy atom. The molecule has 1 aliphatic heterocycles. The number of nitrogens with zero attached hydrogens (tertiary/aromatic N) is 2. The molecule has 2 aromatic rings. The second kappa shape index (κ2) is 6.16. The first-order chi connectivity index (χ1) is 10.3. The quantitative estimate of drug-likeness (QED) is 0.878. The maximum absolute atomic E-state index is 11.2. The van der Waals surface area contributed by atoms with E-state index in [-0.39, 0.29) is 5.97 Å². The summed E-state index contributed by atoms with van der Waals surface area (Å²) in [4.78, 5) is 21.5. The second-order valence-electron chi connectivity index (χ2n) is 5.62. The molecule has 5 heteroatoms. The normalized spacial score (nSPS) is 16.3. The number of ether oxygens (including phenoxy) is 1. The van der Waals surface area contributed by atoms with E-state index in [1.165, 1.54) is 7.11 Å². The Bertz CT molecular complexity index is 582. The topological polar surface area (TPSA) is 58.2 Å². The lowest BCUT2D eigenvalue weighted by Gasteiger charge is -2.31. The number of aromatic nitrogens is 2. The molecule has 1 N–H and O–H groups in total. The number of carbonyl (C=O) groups excluding carboxylic acids is 1. The van der Waals surface area contributed by atoms with Gasteiger partial charge in [0.15, 0.2) is 0 Å². The van der Waals surface area contributed by atoms with E-state index >= 15 is 0 Å². The lowest BCUT2D eigenvalue weighted by Crippen LogP contribution is -2.34. The molecule has 0 radical (unpaired) electrons. The first-order valence-corrected chi connectivity index (χ1v) is 7.53. The molecule has 5 nitrogen and oxygen atoms in total. The number of anilines is 1. The fourth-order valence-corrected chi connectivity index (χ4v) is 2.95. The monoisotopic (exact) mass is 287 g/mol. The number of hydrogen-bond acceptors (Lipinski definition) is 4. The number of aromatic amines is 1. The number of esters is 1. The Morgan fingerprint density at radius 3 is 2.86 bits per heavy atom. The summed E-state index contributed by atoms with van der Waals surface area (Å²) in [7, 11) is 1.45. The third kappa shape index (κ3) is 3.17. The van der Waals surface area contributed by atoms with Gasteiger partial charge < -0.3 is 14.6 Å². The predicted molar refractivity (Wildman–Crippen MR) is 82.3 cm³/mol. The fraction of sp³-hybridized carbons (Fsp3) is 0.500. The summed E-state index contributed by atoms with van der Waals surface area (Å²) in [6.07, 6.45) is 3.68. The molecule has 112 valence electrons. The van der Waals surface area contributed by atoms with Gasteiger partial charge in [-0.15, -0.1) is 0 Å². The average molecular weight is 287 g/mol. The molecule has 1 fully saturated rings. The van der Waals surface area contributed by atoms with Crippen molar-refractivity contribution in [3.63, 3.8) is 0 Å². The molecule has 21 heavy (non-hydrogen) atoms. The van der Waals surface area contributed by atoms with Gasteiger partial charge in [0.05, 0.1) is 18.1 Å². The summed E-state index contributed by atoms with van der Waals surface area (Å²) in [6.45, 7) is 1.98. The molecule has 1 aromatic carbocycles. The first-order valence-electron chi connectivity index (χ1n) is 7.53. The van der Waals surface area contributed by atoms with E-state index in [0.717, 1.165) is 49.3 Å². The van der Waals surface area contributed by atoms with E-state index in [1.807, 2.05) is 18.2 Å². The number of nitrogens with one attached hydrogen (secondary N) is 1. The molecule has 0 atom stereocenters. The van der Waals surface area contributed by atoms with Crippen molar-refractivity contribution in [3.05, 3.63) is 24.3 Å². The van der Waals surface area contributed by atoms with Crippen LogP contribution in [0.1, 0.15) is 25.7 Å². The highest BCUT2D eigenvalue weighted by Crippen LogP contribution is 2.26. The number of hydrogen-bond donors (Lipinski definition) is 1. The molecule has 0 spiro atoms. The van der Waals surface area contributed by atoms with Crippen LogP contribution in [0.5, 0.6) is 0 Å². The molecule has 2 heterocycles. The van der Waals surface area contributed by atoms with Crippen LogP contribution in [-0.4, -0.2) is 36.1 Å². The van der Waals surface area contributed by atoms with E-state index in [9.17, 15) is 4.79 Å². The van der Waals surface area contributed by atoms with Crippen LogP contribution in [0.2, 0.25) is 0 Å². The molecule has 1 aliphatic rings. The van der Waals surface area contributed by atoms with Crippen molar-refractivity contribution in [3.8, 4) is 0 Å². The number of methoxy groups -OCH3 is 1. The maximum atomic E-state index is 11.2. The number of para-hydroxylation sites is 2. The highest BCUT2D eigenvalue weighted by atomic mass is 16.5. The van der Waals surface area contributed by atoms with Crippen LogP contribution in [0.15, 0.2) is 24.3 Å². The van der Waals surface area contributed by atoms with Crippen molar-refractivity contribution >= 4 is 23.0 Å². The van der Waals surface area contributed by atoms with Crippen molar-refractivity contribution < 1.29 is 9.53 Å². The van der Waals surface area contributed by atoms with Gasteiger partial charge in [-0.05, 0) is 37.3 Å². The van der Waals surface area contributed by atoms with Gasteiger partial charge in [0, 0.05) is 19.5 Å². The predicted octanol–water partition coefficient (Wildman–Crippen LogP) is 2.73. The molecular formula is C16H21N3O2. The number of piperidine rings is 1. The Kier molecular flexibility index (Phi) is 4.08. The van der Waals surface area contributed by atoms with Crippen LogP contribution in [0.25, 0.3) is 11.0 Å². The summed E-state index contributed by atoms with van der Waals surface area (Å²) < 4.78 is 4.70. The van der Waals surface area contributed by atoms with Crippen LogP contribution in [0.4, 0.5) is 5.95 Å². The van der Waals surface area contributed by atoms with Crippen LogP contribution < -0.4 is 4.90 Å². The number of benzene rings is 1. The highest BCUT2D eigenvalue weighted by Gasteiger charge is 2.21. The smallest absolute Gasteiger partial charge is 0.305 e. The highest BCUT2D eigenvalue weighted by molar-refractivity contribution is 5.77. The minimum Gasteiger partial charge on any atom is -0.469 e.